The molecule has 0 aliphatic carbocycles. The smallest absolute Gasteiger partial charge is 0.232 e. The molecule has 0 spiro atoms. The first-order valence-corrected chi connectivity index (χ1v) is 6.95. The molecule has 1 fully saturated rings. The van der Waals surface area contributed by atoms with Gasteiger partial charge >= 0.3 is 0 Å². The van der Waals surface area contributed by atoms with Gasteiger partial charge in [0.05, 0.1) is 5.75 Å². The molecule has 98 valence electrons. The van der Waals surface area contributed by atoms with Gasteiger partial charge in [-0.2, -0.15) is 0 Å². The molecule has 1 aliphatic heterocycles. The highest BCUT2D eigenvalue weighted by molar-refractivity contribution is 8.00. The monoisotopic (exact) mass is 269 g/mol. The van der Waals surface area contributed by atoms with Gasteiger partial charge < -0.3 is 10.0 Å². The molecular weight excluding hydrogens is 253 g/mol. The van der Waals surface area contributed by atoms with Crippen LogP contribution in [0.5, 0.6) is 0 Å². The van der Waals surface area contributed by atoms with Crippen LogP contribution in [0.15, 0.2) is 29.2 Å². The number of likely N-dealkylation sites (tertiary alicyclic amines) is 1. The van der Waals surface area contributed by atoms with Crippen LogP contribution in [0.25, 0.3) is 0 Å². The molecule has 1 aromatic rings. The number of halogens is 1. The van der Waals surface area contributed by atoms with Crippen molar-refractivity contribution in [2.75, 3.05) is 25.4 Å². The molecule has 18 heavy (non-hydrogen) atoms. The number of benzene rings is 1. The normalized spacial score (nSPS) is 19.2. The zero-order valence-corrected chi connectivity index (χ0v) is 10.8. The second kappa shape index (κ2) is 6.20. The Morgan fingerprint density at radius 1 is 1.50 bits per heavy atom. The van der Waals surface area contributed by atoms with Gasteiger partial charge in [-0.05, 0) is 18.6 Å². The number of aliphatic hydroxyl groups is 1. The van der Waals surface area contributed by atoms with Gasteiger partial charge in [-0.15, -0.1) is 11.8 Å². The first-order chi connectivity index (χ1) is 8.70. The van der Waals surface area contributed by atoms with E-state index in [9.17, 15) is 9.18 Å². The minimum absolute atomic E-state index is 0.0132. The second-order valence-corrected chi connectivity index (χ2v) is 5.41. The Bertz CT molecular complexity index is 427. The molecule has 1 unspecified atom stereocenters. The number of thioether (sulfide) groups is 1. The minimum atomic E-state index is -0.287. The van der Waals surface area contributed by atoms with Crippen molar-refractivity contribution in [3.8, 4) is 0 Å². The van der Waals surface area contributed by atoms with E-state index in [0.29, 0.717) is 18.0 Å². The Labute approximate surface area is 110 Å². The van der Waals surface area contributed by atoms with Crippen LogP contribution in [0.4, 0.5) is 4.39 Å². The first-order valence-electron chi connectivity index (χ1n) is 5.96. The molecule has 1 aliphatic rings. The van der Waals surface area contributed by atoms with Gasteiger partial charge in [0.2, 0.25) is 5.91 Å². The van der Waals surface area contributed by atoms with E-state index in [4.69, 9.17) is 5.11 Å². The summed E-state index contributed by atoms with van der Waals surface area (Å²) in [6.45, 7) is 1.44. The van der Waals surface area contributed by atoms with E-state index in [-0.39, 0.29) is 30.0 Å². The summed E-state index contributed by atoms with van der Waals surface area (Å²) in [5.41, 5.74) is 0. The number of aliphatic hydroxyl groups excluding tert-OH is 1. The molecule has 0 aromatic heterocycles. The topological polar surface area (TPSA) is 40.5 Å². The van der Waals surface area contributed by atoms with Crippen LogP contribution in [-0.2, 0) is 4.79 Å². The van der Waals surface area contributed by atoms with E-state index in [1.165, 1.54) is 17.8 Å². The number of rotatable bonds is 4. The highest BCUT2D eigenvalue weighted by Gasteiger charge is 2.25. The quantitative estimate of drug-likeness (QED) is 0.847. The van der Waals surface area contributed by atoms with Crippen LogP contribution >= 0.6 is 11.8 Å². The average molecular weight is 269 g/mol. The molecule has 1 amide bonds. The van der Waals surface area contributed by atoms with Gasteiger partial charge in [-0.1, -0.05) is 12.1 Å². The minimum Gasteiger partial charge on any atom is -0.396 e. The summed E-state index contributed by atoms with van der Waals surface area (Å²) < 4.78 is 13.4. The number of nitrogens with zero attached hydrogens (tertiary/aromatic N) is 1. The Morgan fingerprint density at radius 2 is 2.28 bits per heavy atom. The maximum atomic E-state index is 13.4. The lowest BCUT2D eigenvalue weighted by Gasteiger charge is -2.15. The third kappa shape index (κ3) is 3.23. The zero-order chi connectivity index (χ0) is 13.0. The number of carbonyl (C=O) groups is 1. The summed E-state index contributed by atoms with van der Waals surface area (Å²) >= 11 is 1.22. The van der Waals surface area contributed by atoms with Crippen molar-refractivity contribution in [3.05, 3.63) is 30.1 Å². The predicted molar refractivity (Wildman–Crippen MR) is 68.9 cm³/mol. The predicted octanol–water partition coefficient (Wildman–Crippen LogP) is 1.76. The van der Waals surface area contributed by atoms with Gasteiger partial charge in [0.15, 0.2) is 0 Å². The van der Waals surface area contributed by atoms with Crippen LogP contribution in [0.3, 0.4) is 0 Å². The third-order valence-corrected chi connectivity index (χ3v) is 4.12. The lowest BCUT2D eigenvalue weighted by atomic mass is 10.1. The standard InChI is InChI=1S/C13H16FNO2S/c14-11-3-1-2-4-12(11)18-9-13(17)15-6-5-10(7-15)8-16/h1-4,10,16H,5-9H2. The van der Waals surface area contributed by atoms with Crippen molar-refractivity contribution < 1.29 is 14.3 Å². The Morgan fingerprint density at radius 3 is 2.94 bits per heavy atom. The van der Waals surface area contributed by atoms with E-state index in [1.54, 1.807) is 23.1 Å². The average Bonchev–Trinajstić information content (AvgIpc) is 2.86. The van der Waals surface area contributed by atoms with Crippen molar-refractivity contribution in [2.24, 2.45) is 5.92 Å². The first kappa shape index (κ1) is 13.4. The molecule has 3 nitrogen and oxygen atoms in total. The molecule has 1 saturated heterocycles. The lowest BCUT2D eigenvalue weighted by Crippen LogP contribution is -2.30. The third-order valence-electron chi connectivity index (χ3n) is 3.08. The Balaban J connectivity index is 1.84. The fourth-order valence-electron chi connectivity index (χ4n) is 2.00. The molecule has 1 atom stereocenters. The van der Waals surface area contributed by atoms with Crippen molar-refractivity contribution in [2.45, 2.75) is 11.3 Å². The molecule has 2 rings (SSSR count). The SMILES string of the molecule is O=C(CSc1ccccc1F)N1CCC(CO)C1. The van der Waals surface area contributed by atoms with Crippen LogP contribution in [0, 0.1) is 11.7 Å². The summed E-state index contributed by atoms with van der Waals surface area (Å²) in [5.74, 6) is 0.176. The number of carbonyl (C=O) groups excluding carboxylic acids is 1. The van der Waals surface area contributed by atoms with Gasteiger partial charge in [-0.25, -0.2) is 4.39 Å². The van der Waals surface area contributed by atoms with Gasteiger partial charge in [-0.3, -0.25) is 4.79 Å². The maximum Gasteiger partial charge on any atom is 0.232 e. The van der Waals surface area contributed by atoms with Gasteiger partial charge in [0.25, 0.3) is 0 Å². The van der Waals surface area contributed by atoms with Crippen LogP contribution in [0.1, 0.15) is 6.42 Å². The highest BCUT2D eigenvalue weighted by Crippen LogP contribution is 2.23. The van der Waals surface area contributed by atoms with Crippen molar-refractivity contribution in [1.82, 2.24) is 4.90 Å². The van der Waals surface area contributed by atoms with E-state index in [2.05, 4.69) is 0 Å². The number of amides is 1. The Hall–Kier alpha value is -1.07. The van der Waals surface area contributed by atoms with Crippen molar-refractivity contribution in [1.29, 1.82) is 0 Å². The molecular formula is C13H16FNO2S. The van der Waals surface area contributed by atoms with Crippen molar-refractivity contribution in [3.63, 3.8) is 0 Å². The largest absolute Gasteiger partial charge is 0.396 e. The fourth-order valence-corrected chi connectivity index (χ4v) is 2.84. The lowest BCUT2D eigenvalue weighted by molar-refractivity contribution is -0.127. The summed E-state index contributed by atoms with van der Waals surface area (Å²) in [6, 6.07) is 6.46. The molecule has 0 bridgehead atoms. The second-order valence-electron chi connectivity index (χ2n) is 4.40. The fraction of sp³-hybridized carbons (Fsp3) is 0.462. The zero-order valence-electron chi connectivity index (χ0n) is 10.0. The van der Waals surface area contributed by atoms with Crippen LogP contribution in [-0.4, -0.2) is 41.4 Å². The number of hydrogen-bond donors (Lipinski definition) is 1. The summed E-state index contributed by atoms with van der Waals surface area (Å²) in [5, 5.41) is 9.02. The summed E-state index contributed by atoms with van der Waals surface area (Å²) in [6.07, 6.45) is 0.854. The molecule has 0 saturated carbocycles. The van der Waals surface area contributed by atoms with E-state index < -0.39 is 0 Å². The molecule has 1 aromatic carbocycles. The van der Waals surface area contributed by atoms with Crippen LogP contribution in [0.2, 0.25) is 0 Å². The summed E-state index contributed by atoms with van der Waals surface area (Å²) in [4.78, 5) is 14.1. The Kier molecular flexibility index (Phi) is 4.60. The summed E-state index contributed by atoms with van der Waals surface area (Å²) in [7, 11) is 0. The van der Waals surface area contributed by atoms with Gasteiger partial charge in [0.1, 0.15) is 5.82 Å². The van der Waals surface area contributed by atoms with Crippen molar-refractivity contribution >= 4 is 17.7 Å². The highest BCUT2D eigenvalue weighted by atomic mass is 32.2. The van der Waals surface area contributed by atoms with Crippen LogP contribution < -0.4 is 0 Å². The maximum absolute atomic E-state index is 13.4. The molecule has 1 heterocycles. The van der Waals surface area contributed by atoms with Gasteiger partial charge in [0, 0.05) is 30.5 Å². The molecule has 5 heteroatoms. The number of hydrogen-bond acceptors (Lipinski definition) is 3. The van der Waals surface area contributed by atoms with E-state index >= 15 is 0 Å². The molecule has 0 radical (unpaired) electrons. The molecule has 1 N–H and O–H groups in total. The van der Waals surface area contributed by atoms with E-state index in [1.807, 2.05) is 0 Å². The van der Waals surface area contributed by atoms with E-state index in [0.717, 1.165) is 6.42 Å².